The number of methoxy groups -OCH3 is 1. The largest absolute Gasteiger partial charge is 0.497 e. The smallest absolute Gasteiger partial charge is 0.145 e. The average molecular weight is 254 g/mol. The van der Waals surface area contributed by atoms with Crippen LogP contribution in [-0.4, -0.2) is 24.1 Å². The summed E-state index contributed by atoms with van der Waals surface area (Å²) in [7, 11) is 3.57. The van der Waals surface area contributed by atoms with Crippen LogP contribution in [0, 0.1) is 11.3 Å². The Morgan fingerprint density at radius 1 is 1.26 bits per heavy atom. The monoisotopic (exact) mass is 254 g/mol. The van der Waals surface area contributed by atoms with Gasteiger partial charge in [-0.25, -0.2) is 9.97 Å². The Bertz CT molecular complexity index is 589. The van der Waals surface area contributed by atoms with Crippen molar-refractivity contribution < 1.29 is 4.74 Å². The first kappa shape index (κ1) is 12.8. The third-order valence-corrected chi connectivity index (χ3v) is 2.74. The number of anilines is 1. The summed E-state index contributed by atoms with van der Waals surface area (Å²) in [5, 5.41) is 8.82. The highest BCUT2D eigenvalue weighted by molar-refractivity contribution is 5.42. The predicted molar refractivity (Wildman–Crippen MR) is 71.8 cm³/mol. The summed E-state index contributed by atoms with van der Waals surface area (Å²) in [6, 6.07) is 11.5. The lowest BCUT2D eigenvalue weighted by Gasteiger charge is -2.18. The van der Waals surface area contributed by atoms with Gasteiger partial charge in [-0.15, -0.1) is 0 Å². The fourth-order valence-corrected chi connectivity index (χ4v) is 1.70. The Kier molecular flexibility index (Phi) is 3.94. The maximum Gasteiger partial charge on any atom is 0.145 e. The lowest BCUT2D eigenvalue weighted by molar-refractivity contribution is 0.414. The highest BCUT2D eigenvalue weighted by atomic mass is 16.5. The van der Waals surface area contributed by atoms with Crippen molar-refractivity contribution in [2.24, 2.45) is 0 Å². The van der Waals surface area contributed by atoms with Crippen LogP contribution in [0.25, 0.3) is 0 Å². The maximum absolute atomic E-state index is 8.82. The molecule has 1 aromatic carbocycles. The fourth-order valence-electron chi connectivity index (χ4n) is 1.70. The third-order valence-electron chi connectivity index (χ3n) is 2.74. The SMILES string of the molecule is COc1ccc(CN(C)c2cc(C#N)ncn2)cc1. The van der Waals surface area contributed by atoms with Gasteiger partial charge in [0.05, 0.1) is 7.11 Å². The van der Waals surface area contributed by atoms with Gasteiger partial charge in [-0.2, -0.15) is 5.26 Å². The maximum atomic E-state index is 8.82. The molecule has 1 heterocycles. The van der Waals surface area contributed by atoms with Gasteiger partial charge in [-0.3, -0.25) is 0 Å². The van der Waals surface area contributed by atoms with E-state index in [0.29, 0.717) is 12.2 Å². The Hall–Kier alpha value is -2.61. The van der Waals surface area contributed by atoms with Crippen LogP contribution in [-0.2, 0) is 6.54 Å². The fraction of sp³-hybridized carbons (Fsp3) is 0.214. The Morgan fingerprint density at radius 3 is 2.63 bits per heavy atom. The van der Waals surface area contributed by atoms with Crippen molar-refractivity contribution in [2.45, 2.75) is 6.54 Å². The molecular formula is C14H14N4O. The topological polar surface area (TPSA) is 62.0 Å². The molecule has 0 bridgehead atoms. The number of rotatable bonds is 4. The minimum absolute atomic E-state index is 0.367. The van der Waals surface area contributed by atoms with Crippen LogP contribution in [0.5, 0.6) is 5.75 Å². The summed E-state index contributed by atoms with van der Waals surface area (Å²) in [5.74, 6) is 1.56. The van der Waals surface area contributed by atoms with Crippen LogP contribution in [0.15, 0.2) is 36.7 Å². The van der Waals surface area contributed by atoms with E-state index in [9.17, 15) is 0 Å². The first-order valence-electron chi connectivity index (χ1n) is 5.79. The van der Waals surface area contributed by atoms with E-state index in [-0.39, 0.29) is 0 Å². The summed E-state index contributed by atoms with van der Waals surface area (Å²) >= 11 is 0. The van der Waals surface area contributed by atoms with E-state index in [1.807, 2.05) is 42.3 Å². The van der Waals surface area contributed by atoms with Crippen LogP contribution in [0.1, 0.15) is 11.3 Å². The quantitative estimate of drug-likeness (QED) is 0.835. The Labute approximate surface area is 112 Å². The molecule has 19 heavy (non-hydrogen) atoms. The molecule has 0 aliphatic rings. The normalized spacial score (nSPS) is 9.74. The molecular weight excluding hydrogens is 240 g/mol. The van der Waals surface area contributed by atoms with Gasteiger partial charge in [0.2, 0.25) is 0 Å². The van der Waals surface area contributed by atoms with Crippen molar-refractivity contribution in [3.63, 3.8) is 0 Å². The van der Waals surface area contributed by atoms with Crippen LogP contribution in [0.2, 0.25) is 0 Å². The summed E-state index contributed by atoms with van der Waals surface area (Å²) in [6.45, 7) is 0.700. The first-order chi connectivity index (χ1) is 9.22. The number of aromatic nitrogens is 2. The number of nitriles is 1. The molecule has 0 spiro atoms. The molecule has 2 rings (SSSR count). The van der Waals surface area contributed by atoms with Gasteiger partial charge in [-0.1, -0.05) is 12.1 Å². The van der Waals surface area contributed by atoms with Gasteiger partial charge in [-0.05, 0) is 17.7 Å². The molecule has 0 aliphatic heterocycles. The Balaban J connectivity index is 2.11. The van der Waals surface area contributed by atoms with E-state index < -0.39 is 0 Å². The summed E-state index contributed by atoms with van der Waals surface area (Å²) in [5.41, 5.74) is 1.51. The Morgan fingerprint density at radius 2 is 2.00 bits per heavy atom. The molecule has 0 amide bonds. The third kappa shape index (κ3) is 3.19. The first-order valence-corrected chi connectivity index (χ1v) is 5.79. The number of ether oxygens (including phenoxy) is 1. The average Bonchev–Trinajstić information content (AvgIpc) is 2.48. The zero-order valence-corrected chi connectivity index (χ0v) is 10.9. The van der Waals surface area contributed by atoms with Gasteiger partial charge in [0.25, 0.3) is 0 Å². The van der Waals surface area contributed by atoms with Crippen LogP contribution < -0.4 is 9.64 Å². The van der Waals surface area contributed by atoms with Gasteiger partial charge in [0.15, 0.2) is 0 Å². The van der Waals surface area contributed by atoms with Gasteiger partial charge >= 0.3 is 0 Å². The molecule has 5 nitrogen and oxygen atoms in total. The van der Waals surface area contributed by atoms with Crippen molar-refractivity contribution in [1.29, 1.82) is 5.26 Å². The molecule has 5 heteroatoms. The molecule has 0 aliphatic carbocycles. The molecule has 0 unspecified atom stereocenters. The number of hydrogen-bond donors (Lipinski definition) is 0. The minimum Gasteiger partial charge on any atom is -0.497 e. The van der Waals surface area contributed by atoms with Crippen molar-refractivity contribution in [3.05, 3.63) is 47.9 Å². The van der Waals surface area contributed by atoms with Gasteiger partial charge in [0.1, 0.15) is 29.7 Å². The van der Waals surface area contributed by atoms with E-state index in [4.69, 9.17) is 10.00 Å². The summed E-state index contributed by atoms with van der Waals surface area (Å²) in [6.07, 6.45) is 1.40. The van der Waals surface area contributed by atoms with Gasteiger partial charge in [0, 0.05) is 19.7 Å². The van der Waals surface area contributed by atoms with Crippen molar-refractivity contribution >= 4 is 5.82 Å². The van der Waals surface area contributed by atoms with Crippen LogP contribution in [0.3, 0.4) is 0 Å². The predicted octanol–water partition coefficient (Wildman–Crippen LogP) is 1.99. The highest BCUT2D eigenvalue weighted by Gasteiger charge is 2.05. The standard InChI is InChI=1S/C14H14N4O/c1-18(14-7-12(8-15)16-10-17-14)9-11-3-5-13(19-2)6-4-11/h3-7,10H,9H2,1-2H3. The zero-order valence-electron chi connectivity index (χ0n) is 10.9. The second-order valence-corrected chi connectivity index (χ2v) is 4.08. The van der Waals surface area contributed by atoms with Gasteiger partial charge < -0.3 is 9.64 Å². The van der Waals surface area contributed by atoms with E-state index in [0.717, 1.165) is 17.1 Å². The van der Waals surface area contributed by atoms with Crippen LogP contribution >= 0.6 is 0 Å². The zero-order chi connectivity index (χ0) is 13.7. The van der Waals surface area contributed by atoms with Crippen molar-refractivity contribution in [3.8, 4) is 11.8 Å². The van der Waals surface area contributed by atoms with Crippen molar-refractivity contribution in [2.75, 3.05) is 19.1 Å². The molecule has 0 N–H and O–H groups in total. The van der Waals surface area contributed by atoms with E-state index in [1.165, 1.54) is 6.33 Å². The lowest BCUT2D eigenvalue weighted by atomic mass is 10.2. The van der Waals surface area contributed by atoms with Crippen LogP contribution in [0.4, 0.5) is 5.82 Å². The lowest BCUT2D eigenvalue weighted by Crippen LogP contribution is -2.17. The molecule has 0 radical (unpaired) electrons. The van der Waals surface area contributed by atoms with E-state index in [1.54, 1.807) is 13.2 Å². The molecule has 96 valence electrons. The molecule has 0 fully saturated rings. The van der Waals surface area contributed by atoms with Crippen molar-refractivity contribution in [1.82, 2.24) is 9.97 Å². The summed E-state index contributed by atoms with van der Waals surface area (Å²) < 4.78 is 5.12. The second kappa shape index (κ2) is 5.83. The van der Waals surface area contributed by atoms with E-state index in [2.05, 4.69) is 9.97 Å². The second-order valence-electron chi connectivity index (χ2n) is 4.08. The molecule has 0 atom stereocenters. The molecule has 2 aromatic rings. The molecule has 0 saturated heterocycles. The number of nitrogens with zero attached hydrogens (tertiary/aromatic N) is 4. The molecule has 0 saturated carbocycles. The highest BCUT2D eigenvalue weighted by Crippen LogP contribution is 2.15. The number of hydrogen-bond acceptors (Lipinski definition) is 5. The molecule has 1 aromatic heterocycles. The number of benzene rings is 1. The summed E-state index contributed by atoms with van der Waals surface area (Å²) in [4.78, 5) is 9.97. The van der Waals surface area contributed by atoms with E-state index >= 15 is 0 Å². The minimum atomic E-state index is 0.367.